The molecule has 0 aliphatic rings. The van der Waals surface area contributed by atoms with Gasteiger partial charge in [-0.3, -0.25) is 9.59 Å². The third-order valence-electron chi connectivity index (χ3n) is 5.03. The summed E-state index contributed by atoms with van der Waals surface area (Å²) < 4.78 is 7.46. The van der Waals surface area contributed by atoms with Gasteiger partial charge in [-0.05, 0) is 66.9 Å². The fourth-order valence-corrected chi connectivity index (χ4v) is 3.09. The summed E-state index contributed by atoms with van der Waals surface area (Å²) in [5.41, 5.74) is 4.40. The first-order valence-corrected chi connectivity index (χ1v) is 10.4. The average Bonchev–Trinajstić information content (AvgIpc) is 3.36. The molecular weight excluding hydrogens is 418 g/mol. The maximum atomic E-state index is 12.2. The number of hydrogen-bond donors (Lipinski definition) is 2. The Morgan fingerprint density at radius 1 is 0.970 bits per heavy atom. The van der Waals surface area contributed by atoms with E-state index in [1.54, 1.807) is 23.0 Å². The maximum Gasteiger partial charge on any atom is 0.313 e. The average molecular weight is 441 g/mol. The van der Waals surface area contributed by atoms with E-state index >= 15 is 0 Å². The number of anilines is 1. The van der Waals surface area contributed by atoms with Gasteiger partial charge in [-0.15, -0.1) is 0 Å². The largest absolute Gasteiger partial charge is 0.439 e. The van der Waals surface area contributed by atoms with Crippen molar-refractivity contribution in [1.82, 2.24) is 20.1 Å². The molecule has 2 amide bonds. The van der Waals surface area contributed by atoms with Crippen LogP contribution in [0.1, 0.15) is 16.7 Å². The van der Waals surface area contributed by atoms with Crippen molar-refractivity contribution < 1.29 is 14.3 Å². The van der Waals surface area contributed by atoms with Gasteiger partial charge in [0.1, 0.15) is 5.75 Å². The Balaban J connectivity index is 1.30. The van der Waals surface area contributed by atoms with E-state index in [-0.39, 0.29) is 6.54 Å². The number of carbonyl (C=O) groups is 2. The number of rotatable bonds is 6. The van der Waals surface area contributed by atoms with Gasteiger partial charge in [0, 0.05) is 25.0 Å². The summed E-state index contributed by atoms with van der Waals surface area (Å²) in [5, 5.41) is 9.34. The second-order valence-electron chi connectivity index (χ2n) is 7.49. The fraction of sp³-hybridized carbons (Fsp3) is 0.120. The quantitative estimate of drug-likeness (QED) is 0.442. The molecule has 4 rings (SSSR count). The van der Waals surface area contributed by atoms with Crippen LogP contribution >= 0.6 is 0 Å². The van der Waals surface area contributed by atoms with E-state index in [9.17, 15) is 9.59 Å². The van der Waals surface area contributed by atoms with Crippen molar-refractivity contribution >= 4 is 17.5 Å². The number of nitrogens with one attached hydrogen (secondary N) is 2. The van der Waals surface area contributed by atoms with E-state index in [2.05, 4.69) is 20.7 Å². The molecule has 4 aromatic rings. The zero-order valence-corrected chi connectivity index (χ0v) is 18.3. The van der Waals surface area contributed by atoms with Crippen LogP contribution in [0.4, 0.5) is 5.69 Å². The number of benzene rings is 2. The van der Waals surface area contributed by atoms with Crippen molar-refractivity contribution in [3.63, 3.8) is 0 Å². The van der Waals surface area contributed by atoms with Gasteiger partial charge in [-0.1, -0.05) is 18.2 Å². The molecule has 0 aliphatic carbocycles. The summed E-state index contributed by atoms with van der Waals surface area (Å²) in [7, 11) is 0. The van der Waals surface area contributed by atoms with Crippen molar-refractivity contribution in [2.45, 2.75) is 20.4 Å². The third-order valence-corrected chi connectivity index (χ3v) is 5.03. The molecule has 2 N–H and O–H groups in total. The van der Waals surface area contributed by atoms with Crippen LogP contribution in [0.15, 0.2) is 79.3 Å². The van der Waals surface area contributed by atoms with Crippen LogP contribution in [0.2, 0.25) is 0 Å². The molecule has 0 saturated heterocycles. The van der Waals surface area contributed by atoms with E-state index in [4.69, 9.17) is 4.74 Å². The number of aryl methyl sites for hydroxylation is 2. The molecule has 0 aliphatic heterocycles. The topological polar surface area (TPSA) is 98.1 Å². The Morgan fingerprint density at radius 2 is 1.85 bits per heavy atom. The van der Waals surface area contributed by atoms with Crippen LogP contribution in [-0.4, -0.2) is 26.6 Å². The summed E-state index contributed by atoms with van der Waals surface area (Å²) in [6.45, 7) is 4.25. The number of aromatic nitrogens is 3. The second-order valence-corrected chi connectivity index (χ2v) is 7.49. The molecule has 0 atom stereocenters. The van der Waals surface area contributed by atoms with Gasteiger partial charge < -0.3 is 15.4 Å². The molecule has 2 aromatic carbocycles. The van der Waals surface area contributed by atoms with E-state index in [1.165, 1.54) is 11.8 Å². The van der Waals surface area contributed by atoms with Gasteiger partial charge in [0.05, 0.1) is 17.6 Å². The number of nitrogens with zero attached hydrogens (tertiary/aromatic N) is 3. The Hall–Kier alpha value is -4.46. The molecule has 8 heteroatoms. The molecule has 0 spiro atoms. The molecule has 0 unspecified atom stereocenters. The minimum absolute atomic E-state index is 0.211. The number of hydrogen-bond acceptors (Lipinski definition) is 5. The lowest BCUT2D eigenvalue weighted by Gasteiger charge is -2.09. The summed E-state index contributed by atoms with van der Waals surface area (Å²) in [6, 6.07) is 18.4. The predicted octanol–water partition coefficient (Wildman–Crippen LogP) is 3.93. The highest BCUT2D eigenvalue weighted by molar-refractivity contribution is 6.39. The van der Waals surface area contributed by atoms with E-state index in [0.717, 1.165) is 16.8 Å². The van der Waals surface area contributed by atoms with Crippen LogP contribution in [0.25, 0.3) is 5.69 Å². The third kappa shape index (κ3) is 5.62. The summed E-state index contributed by atoms with van der Waals surface area (Å²) >= 11 is 0. The number of ether oxygens (including phenoxy) is 1. The molecule has 0 radical (unpaired) electrons. The van der Waals surface area contributed by atoms with Gasteiger partial charge in [-0.2, -0.15) is 5.10 Å². The van der Waals surface area contributed by atoms with Crippen molar-refractivity contribution in [3.8, 4) is 17.3 Å². The summed E-state index contributed by atoms with van der Waals surface area (Å²) in [6.07, 6.45) is 4.96. The van der Waals surface area contributed by atoms with Crippen LogP contribution in [-0.2, 0) is 16.1 Å². The minimum atomic E-state index is -0.775. The molecule has 33 heavy (non-hydrogen) atoms. The predicted molar refractivity (Wildman–Crippen MR) is 124 cm³/mol. The highest BCUT2D eigenvalue weighted by Gasteiger charge is 2.14. The Labute approximate surface area is 191 Å². The van der Waals surface area contributed by atoms with Gasteiger partial charge >= 0.3 is 11.8 Å². The molecule has 8 nitrogen and oxygen atoms in total. The lowest BCUT2D eigenvalue weighted by atomic mass is 10.1. The number of carbonyl (C=O) groups excluding carboxylic acids is 2. The van der Waals surface area contributed by atoms with Crippen LogP contribution in [0, 0.1) is 13.8 Å². The Bertz CT molecular complexity index is 1270. The first-order chi connectivity index (χ1) is 16.0. The van der Waals surface area contributed by atoms with E-state index < -0.39 is 11.8 Å². The van der Waals surface area contributed by atoms with Crippen molar-refractivity contribution in [1.29, 1.82) is 0 Å². The molecular formula is C25H23N5O3. The molecule has 0 bridgehead atoms. The highest BCUT2D eigenvalue weighted by Crippen LogP contribution is 2.23. The summed E-state index contributed by atoms with van der Waals surface area (Å²) in [5.74, 6) is -0.450. The first kappa shape index (κ1) is 21.8. The SMILES string of the molecule is Cc1ccc(Oc2ccc(NC(=O)C(=O)NCc3cccc(-n4cccn4)c3)cn2)cc1C. The molecule has 2 heterocycles. The molecule has 0 saturated carbocycles. The number of pyridine rings is 1. The highest BCUT2D eigenvalue weighted by atomic mass is 16.5. The Kier molecular flexibility index (Phi) is 6.45. The Morgan fingerprint density at radius 3 is 2.58 bits per heavy atom. The standard InChI is InChI=1S/C25H23N5O3/c1-17-7-9-22(13-18(17)2)33-23-10-8-20(16-26-23)29-25(32)24(31)27-15-19-5-3-6-21(14-19)30-12-4-11-28-30/h3-14,16H,15H2,1-2H3,(H,27,31)(H,29,32). The van der Waals surface area contributed by atoms with Crippen LogP contribution in [0.3, 0.4) is 0 Å². The first-order valence-electron chi connectivity index (χ1n) is 10.4. The van der Waals surface area contributed by atoms with E-state index in [1.807, 2.05) is 68.6 Å². The van der Waals surface area contributed by atoms with E-state index in [0.29, 0.717) is 17.3 Å². The maximum absolute atomic E-state index is 12.2. The monoisotopic (exact) mass is 441 g/mol. The van der Waals surface area contributed by atoms with Gasteiger partial charge in [0.15, 0.2) is 0 Å². The normalized spacial score (nSPS) is 10.5. The number of amides is 2. The minimum Gasteiger partial charge on any atom is -0.439 e. The zero-order valence-electron chi connectivity index (χ0n) is 18.3. The fourth-order valence-electron chi connectivity index (χ4n) is 3.09. The van der Waals surface area contributed by atoms with Crippen molar-refractivity contribution in [2.24, 2.45) is 0 Å². The van der Waals surface area contributed by atoms with Gasteiger partial charge in [0.25, 0.3) is 0 Å². The lowest BCUT2D eigenvalue weighted by molar-refractivity contribution is -0.136. The molecule has 2 aromatic heterocycles. The second kappa shape index (κ2) is 9.78. The smallest absolute Gasteiger partial charge is 0.313 e. The van der Waals surface area contributed by atoms with Crippen LogP contribution in [0.5, 0.6) is 11.6 Å². The zero-order chi connectivity index (χ0) is 23.2. The van der Waals surface area contributed by atoms with Gasteiger partial charge in [-0.25, -0.2) is 9.67 Å². The van der Waals surface area contributed by atoms with Crippen LogP contribution < -0.4 is 15.4 Å². The molecule has 166 valence electrons. The summed E-state index contributed by atoms with van der Waals surface area (Å²) in [4.78, 5) is 28.6. The lowest BCUT2D eigenvalue weighted by Crippen LogP contribution is -2.35. The van der Waals surface area contributed by atoms with Crippen molar-refractivity contribution in [2.75, 3.05) is 5.32 Å². The van der Waals surface area contributed by atoms with Crippen molar-refractivity contribution in [3.05, 3.63) is 95.9 Å². The van der Waals surface area contributed by atoms with Gasteiger partial charge in [0.2, 0.25) is 5.88 Å². The molecule has 0 fully saturated rings.